The molecule has 10 heteroatoms. The molecule has 3 aromatic rings. The van der Waals surface area contributed by atoms with Gasteiger partial charge in [-0.3, -0.25) is 4.79 Å². The second-order valence-electron chi connectivity index (χ2n) is 6.02. The molecule has 0 bridgehead atoms. The van der Waals surface area contributed by atoms with Crippen LogP contribution >= 0.6 is 23.2 Å². The fraction of sp³-hybridized carbons (Fsp3) is 0.111. The normalized spacial score (nSPS) is 11.7. The maximum atomic E-state index is 13.3. The highest BCUT2D eigenvalue weighted by Gasteiger charge is 2.30. The fourth-order valence-corrected chi connectivity index (χ4v) is 5.11. The molecule has 1 heterocycles. The Hall–Kier alpha value is -2.55. The number of halogens is 2. The third-order valence-corrected chi connectivity index (χ3v) is 6.83. The van der Waals surface area contributed by atoms with E-state index >= 15 is 0 Å². The van der Waals surface area contributed by atoms with Crippen LogP contribution in [0.3, 0.4) is 0 Å². The lowest BCUT2D eigenvalue weighted by atomic mass is 10.0. The number of ketones is 1. The molecule has 2 aromatic carbocycles. The third-order valence-electron chi connectivity index (χ3n) is 4.29. The Balaban J connectivity index is 2.50. The molecule has 0 saturated heterocycles. The number of benzene rings is 2. The van der Waals surface area contributed by atoms with E-state index in [-0.39, 0.29) is 37.1 Å². The van der Waals surface area contributed by atoms with Crippen LogP contribution < -0.4 is 0 Å². The molecule has 0 atom stereocenters. The van der Waals surface area contributed by atoms with Gasteiger partial charge in [-0.25, -0.2) is 17.2 Å². The number of aromatic nitrogens is 1. The molecule has 0 amide bonds. The number of phenols is 1. The van der Waals surface area contributed by atoms with Gasteiger partial charge in [0.1, 0.15) is 11.3 Å². The van der Waals surface area contributed by atoms with Gasteiger partial charge in [-0.05, 0) is 44.2 Å². The number of hydrogen-bond donors (Lipinski definition) is 2. The van der Waals surface area contributed by atoms with Crippen molar-refractivity contribution in [3.05, 3.63) is 57.2 Å². The summed E-state index contributed by atoms with van der Waals surface area (Å²) in [6.07, 6.45) is 0. The molecule has 28 heavy (non-hydrogen) atoms. The van der Waals surface area contributed by atoms with E-state index in [1.54, 1.807) is 0 Å². The van der Waals surface area contributed by atoms with Crippen molar-refractivity contribution in [1.29, 1.82) is 0 Å². The highest BCUT2D eigenvalue weighted by Crippen LogP contribution is 2.37. The Morgan fingerprint density at radius 2 is 1.68 bits per heavy atom. The van der Waals surface area contributed by atoms with Crippen LogP contribution in [-0.4, -0.2) is 34.4 Å². The Morgan fingerprint density at radius 3 is 2.21 bits per heavy atom. The molecule has 1 aromatic heterocycles. The summed E-state index contributed by atoms with van der Waals surface area (Å²) in [5.41, 5.74) is -0.688. The van der Waals surface area contributed by atoms with Crippen LogP contribution in [0.15, 0.2) is 35.2 Å². The third kappa shape index (κ3) is 2.94. The number of nitrogens with zero attached hydrogens (tertiary/aromatic N) is 1. The van der Waals surface area contributed by atoms with E-state index in [1.165, 1.54) is 32.0 Å². The molecule has 3 rings (SSSR count). The summed E-state index contributed by atoms with van der Waals surface area (Å²) in [5.74, 6) is -2.61. The lowest BCUT2D eigenvalue weighted by molar-refractivity contribution is 0.0696. The van der Waals surface area contributed by atoms with Gasteiger partial charge < -0.3 is 10.2 Å². The zero-order valence-electron chi connectivity index (χ0n) is 14.5. The Morgan fingerprint density at radius 1 is 1.04 bits per heavy atom. The van der Waals surface area contributed by atoms with Crippen LogP contribution in [0, 0.1) is 6.92 Å². The molecule has 0 spiro atoms. The van der Waals surface area contributed by atoms with Crippen molar-refractivity contribution in [2.24, 2.45) is 0 Å². The zero-order chi connectivity index (χ0) is 21.0. The molecule has 0 unspecified atom stereocenters. The first-order valence-electron chi connectivity index (χ1n) is 7.80. The van der Waals surface area contributed by atoms with E-state index < -0.39 is 33.1 Å². The van der Waals surface area contributed by atoms with E-state index in [1.807, 2.05) is 0 Å². The number of aromatic carboxylic acids is 1. The van der Waals surface area contributed by atoms with E-state index in [0.29, 0.717) is 0 Å². The van der Waals surface area contributed by atoms with Gasteiger partial charge in [0.2, 0.25) is 0 Å². The molecule has 0 radical (unpaired) electrons. The highest BCUT2D eigenvalue weighted by atomic mass is 35.5. The first-order valence-corrected chi connectivity index (χ1v) is 10.00. The van der Waals surface area contributed by atoms with Crippen LogP contribution in [0.5, 0.6) is 5.75 Å². The summed E-state index contributed by atoms with van der Waals surface area (Å²) in [6, 6.07) is 6.04. The van der Waals surface area contributed by atoms with Gasteiger partial charge in [0.05, 0.1) is 20.5 Å². The second kappa shape index (κ2) is 6.80. The maximum absolute atomic E-state index is 13.3. The number of Topliss-reactive ketones (excluding diaryl/α,β-unsaturated/α-hetero) is 1. The molecule has 7 nitrogen and oxygen atoms in total. The van der Waals surface area contributed by atoms with Crippen molar-refractivity contribution in [1.82, 2.24) is 3.97 Å². The van der Waals surface area contributed by atoms with Crippen LogP contribution in [0.2, 0.25) is 10.0 Å². The SMILES string of the molecule is CC(=O)c1c(C)n(S(=O)(=O)c2ccc(Cl)c(Cl)c2)c2ccc(O)c(C(=O)O)c12. The predicted molar refractivity (Wildman–Crippen MR) is 104 cm³/mol. The molecular formula is C18H13Cl2NO6S. The smallest absolute Gasteiger partial charge is 0.340 e. The van der Waals surface area contributed by atoms with Crippen molar-refractivity contribution in [3.8, 4) is 5.75 Å². The maximum Gasteiger partial charge on any atom is 0.340 e. The zero-order valence-corrected chi connectivity index (χ0v) is 16.9. The Labute approximate surface area is 169 Å². The van der Waals surface area contributed by atoms with Gasteiger partial charge >= 0.3 is 5.97 Å². The number of aromatic hydroxyl groups is 1. The van der Waals surface area contributed by atoms with Gasteiger partial charge in [-0.15, -0.1) is 0 Å². The number of carboxylic acids is 1. The monoisotopic (exact) mass is 441 g/mol. The number of carboxylic acid groups (broad SMARTS) is 1. The number of hydrogen-bond acceptors (Lipinski definition) is 5. The molecular weight excluding hydrogens is 429 g/mol. The van der Waals surface area contributed by atoms with E-state index in [4.69, 9.17) is 23.2 Å². The van der Waals surface area contributed by atoms with Gasteiger partial charge in [-0.1, -0.05) is 23.2 Å². The van der Waals surface area contributed by atoms with Crippen molar-refractivity contribution in [2.45, 2.75) is 18.7 Å². The molecule has 2 N–H and O–H groups in total. The van der Waals surface area contributed by atoms with E-state index in [9.17, 15) is 28.2 Å². The van der Waals surface area contributed by atoms with Crippen LogP contribution in [0.1, 0.15) is 33.3 Å². The van der Waals surface area contributed by atoms with Crippen molar-refractivity contribution < 1.29 is 28.2 Å². The lowest BCUT2D eigenvalue weighted by Gasteiger charge is -2.11. The topological polar surface area (TPSA) is 114 Å². The largest absolute Gasteiger partial charge is 0.507 e. The predicted octanol–water partition coefficient (Wildman–Crippen LogP) is 4.10. The van der Waals surface area contributed by atoms with Crippen molar-refractivity contribution >= 4 is 55.9 Å². The Bertz CT molecular complexity index is 1280. The average molecular weight is 442 g/mol. The summed E-state index contributed by atoms with van der Waals surface area (Å²) >= 11 is 11.8. The second-order valence-corrected chi connectivity index (χ2v) is 8.62. The van der Waals surface area contributed by atoms with Crippen molar-refractivity contribution in [2.75, 3.05) is 0 Å². The van der Waals surface area contributed by atoms with Gasteiger partial charge in [0.25, 0.3) is 10.0 Å². The highest BCUT2D eigenvalue weighted by molar-refractivity contribution is 7.90. The minimum absolute atomic E-state index is 0.0154. The standard InChI is InChI=1S/C18H13Cl2NO6S/c1-8-15(9(2)22)16-13(5-6-14(23)17(16)18(24)25)21(8)28(26,27)10-3-4-11(19)12(20)7-10/h3-7,23H,1-2H3,(H,24,25). The minimum Gasteiger partial charge on any atom is -0.507 e. The summed E-state index contributed by atoms with van der Waals surface area (Å²) in [7, 11) is -4.26. The number of carbonyl (C=O) groups excluding carboxylic acids is 1. The molecule has 0 aliphatic carbocycles. The van der Waals surface area contributed by atoms with E-state index in [0.717, 1.165) is 16.1 Å². The molecule has 0 fully saturated rings. The summed E-state index contributed by atoms with van der Waals surface area (Å²) in [6.45, 7) is 2.57. The van der Waals surface area contributed by atoms with Gasteiger partial charge in [0.15, 0.2) is 5.78 Å². The average Bonchev–Trinajstić information content (AvgIpc) is 2.89. The van der Waals surface area contributed by atoms with E-state index in [2.05, 4.69) is 0 Å². The van der Waals surface area contributed by atoms with Crippen LogP contribution in [-0.2, 0) is 10.0 Å². The van der Waals surface area contributed by atoms with Gasteiger partial charge in [-0.2, -0.15) is 0 Å². The molecule has 0 saturated carbocycles. The fourth-order valence-electron chi connectivity index (χ4n) is 3.17. The number of fused-ring (bicyclic) bond motifs is 1. The van der Waals surface area contributed by atoms with Crippen LogP contribution in [0.4, 0.5) is 0 Å². The summed E-state index contributed by atoms with van der Waals surface area (Å²) < 4.78 is 27.4. The number of rotatable bonds is 4. The summed E-state index contributed by atoms with van der Waals surface area (Å²) in [4.78, 5) is 23.7. The Kier molecular flexibility index (Phi) is 4.91. The van der Waals surface area contributed by atoms with Gasteiger partial charge in [0, 0.05) is 16.6 Å². The first kappa shape index (κ1) is 20.2. The van der Waals surface area contributed by atoms with Crippen molar-refractivity contribution in [3.63, 3.8) is 0 Å². The molecule has 0 aliphatic heterocycles. The minimum atomic E-state index is -4.26. The lowest BCUT2D eigenvalue weighted by Crippen LogP contribution is -2.15. The first-order chi connectivity index (χ1) is 13.0. The molecule has 0 aliphatic rings. The summed E-state index contributed by atoms with van der Waals surface area (Å²) in [5, 5.41) is 19.5. The van der Waals surface area contributed by atoms with Crippen LogP contribution in [0.25, 0.3) is 10.9 Å². The number of carbonyl (C=O) groups is 2. The molecule has 146 valence electrons. The quantitative estimate of drug-likeness (QED) is 0.589.